The molecule has 1 fully saturated rings. The molecule has 140 valence electrons. The van der Waals surface area contributed by atoms with E-state index in [2.05, 4.69) is 5.32 Å². The molecule has 0 atom stereocenters. The van der Waals surface area contributed by atoms with E-state index in [9.17, 15) is 4.79 Å². The van der Waals surface area contributed by atoms with Crippen LogP contribution in [0.1, 0.15) is 18.4 Å². The highest BCUT2D eigenvalue weighted by molar-refractivity contribution is 6.05. The topological polar surface area (TPSA) is 63.2 Å². The maximum Gasteiger partial charge on any atom is 0.227 e. The van der Waals surface area contributed by atoms with Gasteiger partial charge in [-0.3, -0.25) is 4.79 Å². The minimum absolute atomic E-state index is 0.0824. The fourth-order valence-corrected chi connectivity index (χ4v) is 3.02. The molecule has 1 amide bonds. The third kappa shape index (κ3) is 3.80. The summed E-state index contributed by atoms with van der Waals surface area (Å²) in [6.07, 6.45) is 1.95. The number of amidine groups is 1. The van der Waals surface area contributed by atoms with Crippen molar-refractivity contribution >= 4 is 23.1 Å². The molecule has 0 unspecified atom stereocenters. The number of para-hydroxylation sites is 2. The largest absolute Gasteiger partial charge is 0.454 e. The Bertz CT molecular complexity index is 890. The lowest BCUT2D eigenvalue weighted by Gasteiger charge is -2.22. The molecule has 2 aliphatic rings. The molecule has 1 aliphatic heterocycles. The first-order chi connectivity index (χ1) is 13.2. The molecule has 0 radical (unpaired) electrons. The average molecular weight is 365 g/mol. The van der Waals surface area contributed by atoms with Crippen LogP contribution in [0.15, 0.2) is 47.5 Å². The Balaban J connectivity index is 1.73. The number of nitrogens with zero attached hydrogens (tertiary/aromatic N) is 2. The van der Waals surface area contributed by atoms with Crippen molar-refractivity contribution in [1.82, 2.24) is 4.90 Å². The molecule has 2 aromatic carbocycles. The Kier molecular flexibility index (Phi) is 4.81. The van der Waals surface area contributed by atoms with E-state index in [1.54, 1.807) is 7.11 Å². The van der Waals surface area contributed by atoms with Gasteiger partial charge in [0.25, 0.3) is 0 Å². The number of nitrogens with one attached hydrogen (secondary N) is 1. The highest BCUT2D eigenvalue weighted by atomic mass is 16.5. The van der Waals surface area contributed by atoms with Gasteiger partial charge in [0, 0.05) is 32.3 Å². The molecule has 4 rings (SSSR count). The molecule has 0 spiro atoms. The number of methoxy groups -OCH3 is 1. The van der Waals surface area contributed by atoms with Crippen molar-refractivity contribution in [2.24, 2.45) is 10.9 Å². The van der Waals surface area contributed by atoms with E-state index in [0.29, 0.717) is 24.7 Å². The van der Waals surface area contributed by atoms with Crippen molar-refractivity contribution in [2.75, 3.05) is 32.6 Å². The number of hydrogen-bond donors (Lipinski definition) is 1. The Labute approximate surface area is 158 Å². The van der Waals surface area contributed by atoms with Gasteiger partial charge in [-0.15, -0.1) is 0 Å². The summed E-state index contributed by atoms with van der Waals surface area (Å²) in [5.41, 5.74) is 2.38. The molecular weight excluding hydrogens is 342 g/mol. The van der Waals surface area contributed by atoms with Crippen molar-refractivity contribution < 1.29 is 14.3 Å². The number of hydrogen-bond acceptors (Lipinski definition) is 5. The summed E-state index contributed by atoms with van der Waals surface area (Å²) < 4.78 is 11.3. The molecule has 1 saturated carbocycles. The normalized spacial score (nSPS) is 15.0. The number of amides is 1. The number of likely N-dealkylation sites (N-methyl/N-ethyl adjacent to an activating group) is 1. The van der Waals surface area contributed by atoms with Crippen LogP contribution in [0.2, 0.25) is 0 Å². The van der Waals surface area contributed by atoms with E-state index < -0.39 is 0 Å². The lowest BCUT2D eigenvalue weighted by Crippen LogP contribution is -2.30. The number of aliphatic imine (C=N–C) groups is 1. The fourth-order valence-electron chi connectivity index (χ4n) is 3.02. The van der Waals surface area contributed by atoms with Gasteiger partial charge in [0.15, 0.2) is 5.75 Å². The van der Waals surface area contributed by atoms with Gasteiger partial charge >= 0.3 is 0 Å². The second-order valence-electron chi connectivity index (χ2n) is 6.89. The smallest absolute Gasteiger partial charge is 0.227 e. The molecule has 0 saturated heterocycles. The summed E-state index contributed by atoms with van der Waals surface area (Å²) in [5, 5.41) is 3.01. The van der Waals surface area contributed by atoms with Gasteiger partial charge < -0.3 is 19.7 Å². The van der Waals surface area contributed by atoms with Crippen LogP contribution in [0, 0.1) is 5.92 Å². The number of fused-ring (bicyclic) bond motifs is 2. The summed E-state index contributed by atoms with van der Waals surface area (Å²) >= 11 is 0. The second-order valence-corrected chi connectivity index (χ2v) is 6.89. The molecule has 6 nitrogen and oxygen atoms in total. The van der Waals surface area contributed by atoms with Crippen molar-refractivity contribution in [3.05, 3.63) is 48.0 Å². The zero-order chi connectivity index (χ0) is 18.8. The van der Waals surface area contributed by atoms with Gasteiger partial charge in [0.05, 0.1) is 12.2 Å². The predicted octanol–water partition coefficient (Wildman–Crippen LogP) is 3.80. The third-order valence-corrected chi connectivity index (χ3v) is 4.74. The summed E-state index contributed by atoms with van der Waals surface area (Å²) in [5.74, 6) is 2.45. The average Bonchev–Trinajstić information content (AvgIpc) is 3.52. The maximum atomic E-state index is 12.1. The zero-order valence-corrected chi connectivity index (χ0v) is 15.6. The predicted molar refractivity (Wildman–Crippen MR) is 105 cm³/mol. The lowest BCUT2D eigenvalue weighted by molar-refractivity contribution is -0.117. The van der Waals surface area contributed by atoms with E-state index in [-0.39, 0.29) is 11.8 Å². The Morgan fingerprint density at radius 2 is 2.07 bits per heavy atom. The molecule has 0 aromatic heterocycles. The van der Waals surface area contributed by atoms with Gasteiger partial charge in [-0.2, -0.15) is 0 Å². The zero-order valence-electron chi connectivity index (χ0n) is 15.6. The minimum atomic E-state index is 0.0824. The Morgan fingerprint density at radius 1 is 1.26 bits per heavy atom. The van der Waals surface area contributed by atoms with Crippen LogP contribution in [-0.2, 0) is 9.53 Å². The monoisotopic (exact) mass is 365 g/mol. The van der Waals surface area contributed by atoms with Gasteiger partial charge in [-0.05, 0) is 43.2 Å². The van der Waals surface area contributed by atoms with Crippen molar-refractivity contribution in [2.45, 2.75) is 12.8 Å². The number of carbonyl (C=O) groups excluding carboxylic acids is 1. The van der Waals surface area contributed by atoms with Gasteiger partial charge in [0.2, 0.25) is 5.91 Å². The van der Waals surface area contributed by atoms with E-state index >= 15 is 0 Å². The van der Waals surface area contributed by atoms with E-state index in [1.807, 2.05) is 54.4 Å². The van der Waals surface area contributed by atoms with Crippen LogP contribution >= 0.6 is 0 Å². The Hall–Kier alpha value is -2.86. The molecule has 27 heavy (non-hydrogen) atoms. The van der Waals surface area contributed by atoms with Crippen LogP contribution in [0.3, 0.4) is 0 Å². The van der Waals surface area contributed by atoms with Crippen LogP contribution in [0.25, 0.3) is 0 Å². The summed E-state index contributed by atoms with van der Waals surface area (Å²) in [7, 11) is 3.66. The van der Waals surface area contributed by atoms with Gasteiger partial charge in [0.1, 0.15) is 17.3 Å². The third-order valence-electron chi connectivity index (χ3n) is 4.74. The Morgan fingerprint density at radius 3 is 2.85 bits per heavy atom. The second kappa shape index (κ2) is 7.40. The van der Waals surface area contributed by atoms with E-state index in [0.717, 1.165) is 35.6 Å². The maximum absolute atomic E-state index is 12.1. The van der Waals surface area contributed by atoms with E-state index in [4.69, 9.17) is 14.5 Å². The number of rotatable bonds is 5. The SMILES string of the molecule is COCCN(C)C1=Nc2ccccc2Oc2ccc(NC(=O)C3CC3)cc21. The van der Waals surface area contributed by atoms with Crippen LogP contribution in [0.4, 0.5) is 11.4 Å². The van der Waals surface area contributed by atoms with Crippen LogP contribution in [0.5, 0.6) is 11.5 Å². The van der Waals surface area contributed by atoms with E-state index in [1.165, 1.54) is 0 Å². The van der Waals surface area contributed by atoms with Crippen LogP contribution < -0.4 is 10.1 Å². The first-order valence-corrected chi connectivity index (χ1v) is 9.16. The first-order valence-electron chi connectivity index (χ1n) is 9.16. The summed E-state index contributed by atoms with van der Waals surface area (Å²) in [6, 6.07) is 13.4. The summed E-state index contributed by atoms with van der Waals surface area (Å²) in [6.45, 7) is 1.28. The summed E-state index contributed by atoms with van der Waals surface area (Å²) in [4.78, 5) is 19.0. The number of carbonyl (C=O) groups is 1. The van der Waals surface area contributed by atoms with Gasteiger partial charge in [-0.1, -0.05) is 12.1 Å². The quantitative estimate of drug-likeness (QED) is 0.875. The molecule has 1 aliphatic carbocycles. The minimum Gasteiger partial charge on any atom is -0.454 e. The molecule has 6 heteroatoms. The lowest BCUT2D eigenvalue weighted by atomic mass is 10.1. The van der Waals surface area contributed by atoms with Crippen molar-refractivity contribution in [3.63, 3.8) is 0 Å². The molecule has 0 bridgehead atoms. The molecule has 2 aromatic rings. The molecular formula is C21H23N3O3. The number of benzene rings is 2. The van der Waals surface area contributed by atoms with Crippen molar-refractivity contribution in [3.8, 4) is 11.5 Å². The molecule has 1 N–H and O–H groups in total. The van der Waals surface area contributed by atoms with Gasteiger partial charge in [-0.25, -0.2) is 4.99 Å². The first kappa shape index (κ1) is 17.5. The van der Waals surface area contributed by atoms with Crippen molar-refractivity contribution in [1.29, 1.82) is 0 Å². The highest BCUT2D eigenvalue weighted by Gasteiger charge is 2.30. The standard InChI is InChI=1S/C21H23N3O3/c1-24(11-12-26-2)20-16-13-15(22-21(25)14-7-8-14)9-10-18(16)27-19-6-4-3-5-17(19)23-20/h3-6,9-10,13-14H,7-8,11-12H2,1-2H3,(H,22,25). The highest BCUT2D eigenvalue weighted by Crippen LogP contribution is 2.39. The van der Waals surface area contributed by atoms with Crippen LogP contribution in [-0.4, -0.2) is 44.0 Å². The fraction of sp³-hybridized carbons (Fsp3) is 0.333. The molecule has 1 heterocycles. The number of ether oxygens (including phenoxy) is 2. The number of anilines is 1.